The lowest BCUT2D eigenvalue weighted by molar-refractivity contribution is 0.382. The van der Waals surface area contributed by atoms with Crippen molar-refractivity contribution in [2.45, 2.75) is 19.8 Å². The van der Waals surface area contributed by atoms with E-state index in [9.17, 15) is 8.78 Å². The Morgan fingerprint density at radius 1 is 1.30 bits per heavy atom. The molecule has 0 unspecified atom stereocenters. The van der Waals surface area contributed by atoms with Gasteiger partial charge in [0.25, 0.3) is 0 Å². The van der Waals surface area contributed by atoms with Crippen LogP contribution < -0.4 is 10.5 Å². The van der Waals surface area contributed by atoms with Gasteiger partial charge in [-0.15, -0.1) is 12.4 Å². The molecule has 0 bridgehead atoms. The van der Waals surface area contributed by atoms with Crippen LogP contribution in [0.2, 0.25) is 0 Å². The number of rotatable bonds is 4. The zero-order valence-corrected chi connectivity index (χ0v) is 12.0. The third-order valence-electron chi connectivity index (χ3n) is 2.84. The van der Waals surface area contributed by atoms with Crippen LogP contribution in [0.1, 0.15) is 19.0 Å². The molecule has 0 fully saturated rings. The summed E-state index contributed by atoms with van der Waals surface area (Å²) in [6.07, 6.45) is 2.90. The lowest BCUT2D eigenvalue weighted by atomic mass is 10.2. The van der Waals surface area contributed by atoms with Gasteiger partial charge >= 0.3 is 0 Å². The average molecular weight is 304 g/mol. The number of benzene rings is 1. The lowest BCUT2D eigenvalue weighted by Gasteiger charge is -2.10. The third kappa shape index (κ3) is 2.85. The van der Waals surface area contributed by atoms with Crippen LogP contribution in [-0.4, -0.2) is 16.9 Å². The number of nitrogens with two attached hydrogens (primary N) is 1. The summed E-state index contributed by atoms with van der Waals surface area (Å²) >= 11 is 0. The van der Waals surface area contributed by atoms with Crippen LogP contribution in [-0.2, 0) is 6.42 Å². The summed E-state index contributed by atoms with van der Waals surface area (Å²) in [6.45, 7) is 1.97. The molecular weight excluding hydrogens is 288 g/mol. The molecule has 0 saturated carbocycles. The van der Waals surface area contributed by atoms with Crippen molar-refractivity contribution in [1.82, 2.24) is 9.78 Å². The molecule has 4 nitrogen and oxygen atoms in total. The minimum Gasteiger partial charge on any atom is -0.494 e. The summed E-state index contributed by atoms with van der Waals surface area (Å²) in [5.74, 6) is -1.40. The third-order valence-corrected chi connectivity index (χ3v) is 2.84. The SMILES string of the molecule is CCCc1c(N)cnn1-c1cc(F)c(OC)cc1F.Cl. The normalized spacial score (nSPS) is 10.2. The zero-order chi connectivity index (χ0) is 14.0. The van der Waals surface area contributed by atoms with Crippen molar-refractivity contribution in [1.29, 1.82) is 0 Å². The Bertz CT molecular complexity index is 602. The maximum Gasteiger partial charge on any atom is 0.167 e. The van der Waals surface area contributed by atoms with Crippen molar-refractivity contribution < 1.29 is 13.5 Å². The first kappa shape index (κ1) is 16.2. The van der Waals surface area contributed by atoms with Gasteiger partial charge in [0.1, 0.15) is 5.69 Å². The number of halogens is 3. The first-order valence-corrected chi connectivity index (χ1v) is 5.94. The number of anilines is 1. The van der Waals surface area contributed by atoms with E-state index in [2.05, 4.69) is 5.10 Å². The molecular formula is C13H16ClF2N3O. The minimum atomic E-state index is -0.643. The Balaban J connectivity index is 0.00000200. The highest BCUT2D eigenvalue weighted by atomic mass is 35.5. The van der Waals surface area contributed by atoms with Gasteiger partial charge in [0.15, 0.2) is 17.4 Å². The summed E-state index contributed by atoms with van der Waals surface area (Å²) in [5, 5.41) is 4.01. The molecule has 2 rings (SSSR count). The Kier molecular flexibility index (Phi) is 5.33. The molecule has 1 heterocycles. The highest BCUT2D eigenvalue weighted by Gasteiger charge is 2.16. The summed E-state index contributed by atoms with van der Waals surface area (Å²) in [5.41, 5.74) is 6.95. The predicted molar refractivity (Wildman–Crippen MR) is 75.7 cm³/mol. The van der Waals surface area contributed by atoms with E-state index in [1.165, 1.54) is 18.0 Å². The lowest BCUT2D eigenvalue weighted by Crippen LogP contribution is -2.07. The van der Waals surface area contributed by atoms with Crippen LogP contribution in [0.5, 0.6) is 5.75 Å². The quantitative estimate of drug-likeness (QED) is 0.944. The number of methoxy groups -OCH3 is 1. The number of nitrogens with zero attached hydrogens (tertiary/aromatic N) is 2. The van der Waals surface area contributed by atoms with Crippen LogP contribution in [0, 0.1) is 11.6 Å². The van der Waals surface area contributed by atoms with E-state index in [-0.39, 0.29) is 23.8 Å². The number of ether oxygens (including phenoxy) is 1. The van der Waals surface area contributed by atoms with E-state index >= 15 is 0 Å². The topological polar surface area (TPSA) is 53.1 Å². The van der Waals surface area contributed by atoms with Crippen molar-refractivity contribution in [3.63, 3.8) is 0 Å². The van der Waals surface area contributed by atoms with Crippen LogP contribution in [0.25, 0.3) is 5.69 Å². The van der Waals surface area contributed by atoms with Crippen LogP contribution in [0.4, 0.5) is 14.5 Å². The fraction of sp³-hybridized carbons (Fsp3) is 0.308. The number of nitrogen functional groups attached to an aromatic ring is 1. The highest BCUT2D eigenvalue weighted by molar-refractivity contribution is 5.85. The molecule has 1 aromatic heterocycles. The first-order chi connectivity index (χ1) is 9.08. The van der Waals surface area contributed by atoms with Gasteiger partial charge in [-0.3, -0.25) is 0 Å². The molecule has 0 aliphatic rings. The van der Waals surface area contributed by atoms with Gasteiger partial charge in [-0.25, -0.2) is 13.5 Å². The molecule has 0 spiro atoms. The standard InChI is InChI=1S/C13H15F2N3O.ClH/c1-3-4-11-10(16)7-17-18(11)12-5-9(15)13(19-2)6-8(12)14;/h5-7H,3-4,16H2,1-2H3;1H. The fourth-order valence-corrected chi connectivity index (χ4v) is 1.92. The Morgan fingerprint density at radius 2 is 2.00 bits per heavy atom. The molecule has 0 aliphatic carbocycles. The second kappa shape index (κ2) is 6.56. The van der Waals surface area contributed by atoms with Gasteiger partial charge in [0.05, 0.1) is 24.7 Å². The fourth-order valence-electron chi connectivity index (χ4n) is 1.92. The van der Waals surface area contributed by atoms with Gasteiger partial charge < -0.3 is 10.5 Å². The highest BCUT2D eigenvalue weighted by Crippen LogP contribution is 2.26. The Morgan fingerprint density at radius 3 is 2.60 bits per heavy atom. The molecule has 0 radical (unpaired) electrons. The van der Waals surface area contributed by atoms with Gasteiger partial charge in [-0.05, 0) is 6.42 Å². The number of hydrogen-bond donors (Lipinski definition) is 1. The van der Waals surface area contributed by atoms with Gasteiger partial charge in [-0.1, -0.05) is 13.3 Å². The number of aromatic nitrogens is 2. The van der Waals surface area contributed by atoms with Crippen molar-refractivity contribution in [3.05, 3.63) is 35.7 Å². The van der Waals surface area contributed by atoms with Crippen LogP contribution >= 0.6 is 12.4 Å². The molecule has 7 heteroatoms. The number of hydrogen-bond acceptors (Lipinski definition) is 3. The van der Waals surface area contributed by atoms with E-state index in [1.54, 1.807) is 0 Å². The molecule has 1 aromatic carbocycles. The summed E-state index contributed by atoms with van der Waals surface area (Å²) in [4.78, 5) is 0. The summed E-state index contributed by atoms with van der Waals surface area (Å²) in [7, 11) is 1.28. The average Bonchev–Trinajstić information content (AvgIpc) is 2.74. The van der Waals surface area contributed by atoms with E-state index in [1.807, 2.05) is 6.92 Å². The van der Waals surface area contributed by atoms with E-state index in [0.29, 0.717) is 17.8 Å². The summed E-state index contributed by atoms with van der Waals surface area (Å²) in [6, 6.07) is 2.05. The molecule has 20 heavy (non-hydrogen) atoms. The van der Waals surface area contributed by atoms with Crippen molar-refractivity contribution >= 4 is 18.1 Å². The van der Waals surface area contributed by atoms with Gasteiger partial charge in [0, 0.05) is 12.1 Å². The van der Waals surface area contributed by atoms with Crippen LogP contribution in [0.3, 0.4) is 0 Å². The minimum absolute atomic E-state index is 0. The van der Waals surface area contributed by atoms with E-state index < -0.39 is 11.6 Å². The van der Waals surface area contributed by atoms with Crippen molar-refractivity contribution in [2.75, 3.05) is 12.8 Å². The second-order valence-electron chi connectivity index (χ2n) is 4.15. The van der Waals surface area contributed by atoms with Crippen molar-refractivity contribution in [2.24, 2.45) is 0 Å². The maximum absolute atomic E-state index is 14.0. The van der Waals surface area contributed by atoms with E-state index in [4.69, 9.17) is 10.5 Å². The molecule has 2 aromatic rings. The van der Waals surface area contributed by atoms with Gasteiger partial charge in [-0.2, -0.15) is 5.10 Å². The molecule has 0 atom stereocenters. The van der Waals surface area contributed by atoms with Gasteiger partial charge in [0.2, 0.25) is 0 Å². The smallest absolute Gasteiger partial charge is 0.167 e. The molecule has 0 saturated heterocycles. The first-order valence-electron chi connectivity index (χ1n) is 5.94. The van der Waals surface area contributed by atoms with Crippen LogP contribution in [0.15, 0.2) is 18.3 Å². The molecule has 0 amide bonds. The summed E-state index contributed by atoms with van der Waals surface area (Å²) < 4.78 is 33.7. The Hall–Kier alpha value is -1.82. The van der Waals surface area contributed by atoms with E-state index in [0.717, 1.165) is 18.6 Å². The largest absolute Gasteiger partial charge is 0.494 e. The van der Waals surface area contributed by atoms with Crippen molar-refractivity contribution in [3.8, 4) is 11.4 Å². The molecule has 0 aliphatic heterocycles. The second-order valence-corrected chi connectivity index (χ2v) is 4.15. The maximum atomic E-state index is 14.0. The molecule has 110 valence electrons. The predicted octanol–water partition coefficient (Wildman–Crippen LogP) is 3.12. The monoisotopic (exact) mass is 303 g/mol. The zero-order valence-electron chi connectivity index (χ0n) is 11.2. The molecule has 2 N–H and O–H groups in total. The Labute approximate surface area is 121 Å².